The number of quaternary nitrogens is 1. The molecule has 0 aromatic rings. The molecular formula is C9H25N2O5+. The van der Waals surface area contributed by atoms with Crippen LogP contribution in [-0.4, -0.2) is 80.5 Å². The molecule has 0 aromatic heterocycles. The summed E-state index contributed by atoms with van der Waals surface area (Å²) in [6.07, 6.45) is 0. The summed E-state index contributed by atoms with van der Waals surface area (Å²) in [6, 6.07) is 0. The van der Waals surface area contributed by atoms with Crippen molar-refractivity contribution in [1.29, 1.82) is 0 Å². The molecule has 16 heavy (non-hydrogen) atoms. The standard InChI is InChI=1S/C5H14NO.C4H11NO4/c1-6(2,3)4-5-7;6-1-3-8-5-9-4-2-7/h7H,4-5H2,1-3H3;5-7H,1-4H2/q+1;. The number of hydrogen-bond acceptors (Lipinski definition) is 6. The van der Waals surface area contributed by atoms with Gasteiger partial charge in [-0.2, -0.15) is 0 Å². The van der Waals surface area contributed by atoms with Gasteiger partial charge in [-0.25, -0.2) is 0 Å². The van der Waals surface area contributed by atoms with Crippen LogP contribution >= 0.6 is 0 Å². The van der Waals surface area contributed by atoms with Crippen LogP contribution in [0.3, 0.4) is 0 Å². The van der Waals surface area contributed by atoms with Crippen LogP contribution in [0.4, 0.5) is 0 Å². The van der Waals surface area contributed by atoms with Gasteiger partial charge in [0.15, 0.2) is 0 Å². The maximum atomic E-state index is 8.39. The van der Waals surface area contributed by atoms with Crippen molar-refractivity contribution in [2.24, 2.45) is 0 Å². The van der Waals surface area contributed by atoms with Gasteiger partial charge >= 0.3 is 0 Å². The van der Waals surface area contributed by atoms with Gasteiger partial charge in [0, 0.05) is 0 Å². The normalized spacial score (nSPS) is 10.9. The van der Waals surface area contributed by atoms with E-state index < -0.39 is 0 Å². The van der Waals surface area contributed by atoms with Crippen molar-refractivity contribution in [3.8, 4) is 0 Å². The Morgan fingerprint density at radius 2 is 1.31 bits per heavy atom. The van der Waals surface area contributed by atoms with Crippen LogP contribution in [0.5, 0.6) is 0 Å². The lowest BCUT2D eigenvalue weighted by atomic mass is 10.5. The Balaban J connectivity index is 0. The van der Waals surface area contributed by atoms with Gasteiger partial charge in [0.2, 0.25) is 0 Å². The third-order valence-electron chi connectivity index (χ3n) is 1.28. The highest BCUT2D eigenvalue weighted by molar-refractivity contribution is 4.19. The molecule has 7 heteroatoms. The van der Waals surface area contributed by atoms with E-state index >= 15 is 0 Å². The molecule has 0 atom stereocenters. The smallest absolute Gasteiger partial charge is 0.101 e. The molecule has 0 radical (unpaired) electrons. The van der Waals surface area contributed by atoms with Gasteiger partial charge in [-0.15, -0.1) is 0 Å². The van der Waals surface area contributed by atoms with E-state index in [2.05, 4.69) is 36.5 Å². The Morgan fingerprint density at radius 1 is 0.875 bits per heavy atom. The summed E-state index contributed by atoms with van der Waals surface area (Å²) in [4.78, 5) is 8.90. The third-order valence-corrected chi connectivity index (χ3v) is 1.28. The average Bonchev–Trinajstić information content (AvgIpc) is 2.17. The summed E-state index contributed by atoms with van der Waals surface area (Å²) in [5.41, 5.74) is 2.07. The summed E-state index contributed by atoms with van der Waals surface area (Å²) in [5.74, 6) is 0. The van der Waals surface area contributed by atoms with E-state index in [1.165, 1.54) is 0 Å². The highest BCUT2D eigenvalue weighted by atomic mass is 16.9. The summed E-state index contributed by atoms with van der Waals surface area (Å²) >= 11 is 0. The Morgan fingerprint density at radius 3 is 1.50 bits per heavy atom. The molecule has 7 nitrogen and oxygen atoms in total. The zero-order chi connectivity index (χ0) is 12.9. The Bertz CT molecular complexity index is 124. The van der Waals surface area contributed by atoms with Crippen LogP contribution in [-0.2, 0) is 9.68 Å². The lowest BCUT2D eigenvalue weighted by Gasteiger charge is -2.21. The van der Waals surface area contributed by atoms with Crippen LogP contribution in [0.25, 0.3) is 0 Å². The molecule has 0 aliphatic rings. The first-order chi connectivity index (χ1) is 7.47. The van der Waals surface area contributed by atoms with Gasteiger partial charge in [0.05, 0.1) is 54.2 Å². The van der Waals surface area contributed by atoms with Gasteiger partial charge in [0.1, 0.15) is 6.54 Å². The first-order valence-electron chi connectivity index (χ1n) is 5.09. The Hall–Kier alpha value is -0.280. The zero-order valence-corrected chi connectivity index (χ0v) is 10.3. The van der Waals surface area contributed by atoms with Gasteiger partial charge in [-0.1, -0.05) is 5.64 Å². The van der Waals surface area contributed by atoms with Crippen molar-refractivity contribution < 1.29 is 29.5 Å². The Kier molecular flexibility index (Phi) is 14.5. The van der Waals surface area contributed by atoms with Crippen molar-refractivity contribution in [2.45, 2.75) is 0 Å². The van der Waals surface area contributed by atoms with E-state index in [4.69, 9.17) is 15.3 Å². The van der Waals surface area contributed by atoms with Crippen molar-refractivity contribution >= 4 is 0 Å². The highest BCUT2D eigenvalue weighted by Gasteiger charge is 2.02. The molecule has 0 rings (SSSR count). The van der Waals surface area contributed by atoms with Crippen LogP contribution in [0.2, 0.25) is 0 Å². The number of aliphatic hydroxyl groups is 3. The second kappa shape index (κ2) is 12.8. The summed E-state index contributed by atoms with van der Waals surface area (Å²) in [5, 5.41) is 24.7. The SMILES string of the molecule is C[N+](C)(C)CCO.OCCONOCCO. The molecule has 0 unspecified atom stereocenters. The largest absolute Gasteiger partial charge is 0.394 e. The van der Waals surface area contributed by atoms with Crippen molar-refractivity contribution in [1.82, 2.24) is 5.64 Å². The number of aliphatic hydroxyl groups excluding tert-OH is 3. The lowest BCUT2D eigenvalue weighted by molar-refractivity contribution is -0.870. The molecule has 0 saturated carbocycles. The molecule has 0 saturated heterocycles. The van der Waals surface area contributed by atoms with Crippen LogP contribution in [0, 0.1) is 0 Å². The zero-order valence-electron chi connectivity index (χ0n) is 10.3. The minimum Gasteiger partial charge on any atom is -0.394 e. The topological polar surface area (TPSA) is 91.2 Å². The predicted octanol–water partition coefficient (Wildman–Crippen LogP) is -1.89. The Labute approximate surface area is 96.7 Å². The molecule has 0 aliphatic heterocycles. The highest BCUT2D eigenvalue weighted by Crippen LogP contribution is 1.84. The first kappa shape index (κ1) is 18.1. The second-order valence-corrected chi connectivity index (χ2v) is 3.97. The quantitative estimate of drug-likeness (QED) is 0.226. The fourth-order valence-electron chi connectivity index (χ4n) is 0.516. The minimum atomic E-state index is -0.0600. The number of nitrogens with one attached hydrogen (secondary N) is 1. The fourth-order valence-corrected chi connectivity index (χ4v) is 0.516. The monoisotopic (exact) mass is 241 g/mol. The van der Waals surface area contributed by atoms with Crippen LogP contribution in [0.1, 0.15) is 0 Å². The number of nitrogens with zero attached hydrogens (tertiary/aromatic N) is 1. The number of hydrogen-bond donors (Lipinski definition) is 4. The van der Waals surface area contributed by atoms with E-state index in [-0.39, 0.29) is 33.0 Å². The maximum Gasteiger partial charge on any atom is 0.101 e. The molecule has 0 aromatic carbocycles. The molecule has 0 fully saturated rings. The molecule has 0 heterocycles. The van der Waals surface area contributed by atoms with Crippen molar-refractivity contribution in [3.63, 3.8) is 0 Å². The number of rotatable bonds is 8. The molecular weight excluding hydrogens is 216 g/mol. The first-order valence-corrected chi connectivity index (χ1v) is 5.09. The molecule has 100 valence electrons. The van der Waals surface area contributed by atoms with E-state index in [1.807, 2.05) is 0 Å². The van der Waals surface area contributed by atoms with Gasteiger partial charge in [-0.05, 0) is 0 Å². The average molecular weight is 241 g/mol. The maximum absolute atomic E-state index is 8.39. The lowest BCUT2D eigenvalue weighted by Crippen LogP contribution is -2.36. The van der Waals surface area contributed by atoms with Crippen LogP contribution in [0.15, 0.2) is 0 Å². The van der Waals surface area contributed by atoms with E-state index in [0.29, 0.717) is 0 Å². The van der Waals surface area contributed by atoms with Crippen molar-refractivity contribution in [2.75, 3.05) is 60.7 Å². The fraction of sp³-hybridized carbons (Fsp3) is 1.00. The van der Waals surface area contributed by atoms with E-state index in [9.17, 15) is 0 Å². The molecule has 0 aliphatic carbocycles. The summed E-state index contributed by atoms with van der Waals surface area (Å²) in [7, 11) is 6.16. The van der Waals surface area contributed by atoms with Gasteiger partial charge in [-0.3, -0.25) is 9.68 Å². The second-order valence-electron chi connectivity index (χ2n) is 3.97. The molecule has 0 amide bonds. The molecule has 4 N–H and O–H groups in total. The van der Waals surface area contributed by atoms with Gasteiger partial charge in [0.25, 0.3) is 0 Å². The van der Waals surface area contributed by atoms with Gasteiger partial charge < -0.3 is 19.8 Å². The summed E-state index contributed by atoms with van der Waals surface area (Å²) < 4.78 is 0.844. The van der Waals surface area contributed by atoms with Crippen LogP contribution < -0.4 is 5.64 Å². The molecule has 0 spiro atoms. The number of likely N-dealkylation sites (N-methyl/N-ethyl adjacent to an activating group) is 1. The minimum absolute atomic E-state index is 0.0600. The predicted molar refractivity (Wildman–Crippen MR) is 59.2 cm³/mol. The summed E-state index contributed by atoms with van der Waals surface area (Å²) in [6.45, 7) is 1.34. The van der Waals surface area contributed by atoms with Crippen molar-refractivity contribution in [3.05, 3.63) is 0 Å². The van der Waals surface area contributed by atoms with E-state index in [0.717, 1.165) is 11.0 Å². The third kappa shape index (κ3) is 23.5. The molecule has 0 bridgehead atoms. The van der Waals surface area contributed by atoms with E-state index in [1.54, 1.807) is 0 Å².